The van der Waals surface area contributed by atoms with E-state index in [4.69, 9.17) is 16.9 Å². The van der Waals surface area contributed by atoms with Gasteiger partial charge in [-0.1, -0.05) is 17.7 Å². The van der Waals surface area contributed by atoms with Gasteiger partial charge in [0.15, 0.2) is 0 Å². The van der Waals surface area contributed by atoms with E-state index in [0.29, 0.717) is 17.7 Å². The van der Waals surface area contributed by atoms with Crippen molar-refractivity contribution in [2.24, 2.45) is 0 Å². The number of nitrogens with zero attached hydrogens (tertiary/aromatic N) is 3. The largest absolute Gasteiger partial charge is 0.272 e. The van der Waals surface area contributed by atoms with E-state index in [-0.39, 0.29) is 16.3 Å². The molecular weight excluding hydrogens is 272 g/mol. The van der Waals surface area contributed by atoms with Crippen LogP contribution in [-0.2, 0) is 6.54 Å². The summed E-state index contributed by atoms with van der Waals surface area (Å²) in [5.74, 6) is 0. The average molecular weight is 282 g/mol. The first kappa shape index (κ1) is 13.5. The molecule has 6 heteroatoms. The lowest BCUT2D eigenvalue weighted by Gasteiger charge is -2.03. The van der Waals surface area contributed by atoms with Gasteiger partial charge in [-0.25, -0.2) is 8.78 Å². The Labute approximate surface area is 114 Å². The van der Waals surface area contributed by atoms with Crippen LogP contribution >= 0.6 is 11.6 Å². The van der Waals surface area contributed by atoms with Crippen LogP contribution in [0, 0.1) is 11.3 Å². The van der Waals surface area contributed by atoms with E-state index in [1.54, 1.807) is 6.07 Å². The molecule has 0 unspecified atom stereocenters. The maximum Gasteiger partial charge on any atom is 0.267 e. The molecule has 1 aromatic heterocycles. The van der Waals surface area contributed by atoms with E-state index in [9.17, 15) is 8.78 Å². The van der Waals surface area contributed by atoms with Gasteiger partial charge in [0.25, 0.3) is 6.43 Å². The van der Waals surface area contributed by atoms with E-state index < -0.39 is 6.43 Å². The summed E-state index contributed by atoms with van der Waals surface area (Å²) < 4.78 is 27.4. The molecule has 19 heavy (non-hydrogen) atoms. The summed E-state index contributed by atoms with van der Waals surface area (Å²) in [4.78, 5) is 0. The number of alkyl halides is 2. The Kier molecular flexibility index (Phi) is 3.82. The van der Waals surface area contributed by atoms with Crippen LogP contribution in [0.4, 0.5) is 8.78 Å². The first-order valence-electron chi connectivity index (χ1n) is 5.62. The molecule has 0 saturated heterocycles. The van der Waals surface area contributed by atoms with Crippen LogP contribution in [0.25, 0.3) is 11.3 Å². The molecule has 3 nitrogen and oxygen atoms in total. The molecule has 0 bridgehead atoms. The Morgan fingerprint density at radius 3 is 2.74 bits per heavy atom. The Balaban J connectivity index is 2.55. The van der Waals surface area contributed by atoms with Gasteiger partial charge in [0.2, 0.25) is 0 Å². The van der Waals surface area contributed by atoms with Gasteiger partial charge < -0.3 is 0 Å². The molecule has 0 aliphatic carbocycles. The minimum Gasteiger partial charge on any atom is -0.272 e. The molecular formula is C13H10ClF2N3. The Morgan fingerprint density at radius 2 is 2.21 bits per heavy atom. The SMILES string of the molecule is CCn1cc(C(F)F)c(-c2ccc(C#N)c(Cl)c2)n1. The normalized spacial score (nSPS) is 10.7. The van der Waals surface area contributed by atoms with Gasteiger partial charge in [0.05, 0.1) is 16.1 Å². The topological polar surface area (TPSA) is 41.6 Å². The standard InChI is InChI=1S/C13H10ClF2N3/c1-2-19-7-10(13(15)16)12(18-19)8-3-4-9(6-17)11(14)5-8/h3-5,7,13H,2H2,1H3. The fourth-order valence-electron chi connectivity index (χ4n) is 1.74. The van der Waals surface area contributed by atoms with Crippen molar-refractivity contribution in [2.75, 3.05) is 0 Å². The van der Waals surface area contributed by atoms with Crippen LogP contribution in [0.15, 0.2) is 24.4 Å². The molecule has 98 valence electrons. The Bertz CT molecular complexity index is 644. The van der Waals surface area contributed by atoms with Crippen LogP contribution in [0.2, 0.25) is 5.02 Å². The van der Waals surface area contributed by atoms with Crippen LogP contribution in [0.3, 0.4) is 0 Å². The van der Waals surface area contributed by atoms with Crippen molar-refractivity contribution < 1.29 is 8.78 Å². The number of nitriles is 1. The number of benzene rings is 1. The number of aromatic nitrogens is 2. The van der Waals surface area contributed by atoms with Crippen molar-refractivity contribution in [1.82, 2.24) is 9.78 Å². The Hall–Kier alpha value is -1.93. The monoisotopic (exact) mass is 281 g/mol. The van der Waals surface area contributed by atoms with Gasteiger partial charge in [-0.2, -0.15) is 10.4 Å². The first-order valence-corrected chi connectivity index (χ1v) is 6.00. The second-order valence-corrected chi connectivity index (χ2v) is 4.30. The number of halogens is 3. The van der Waals surface area contributed by atoms with Crippen LogP contribution in [0.5, 0.6) is 0 Å². The highest BCUT2D eigenvalue weighted by molar-refractivity contribution is 6.32. The summed E-state index contributed by atoms with van der Waals surface area (Å²) in [5, 5.41) is 13.1. The number of rotatable bonds is 3. The molecule has 1 heterocycles. The molecule has 0 radical (unpaired) electrons. The lowest BCUT2D eigenvalue weighted by molar-refractivity contribution is 0.152. The van der Waals surface area contributed by atoms with E-state index in [0.717, 1.165) is 0 Å². The minimum absolute atomic E-state index is 0.136. The van der Waals surface area contributed by atoms with Crippen molar-refractivity contribution in [2.45, 2.75) is 19.9 Å². The van der Waals surface area contributed by atoms with Crippen LogP contribution < -0.4 is 0 Å². The zero-order valence-electron chi connectivity index (χ0n) is 10.1. The fourth-order valence-corrected chi connectivity index (χ4v) is 1.96. The highest BCUT2D eigenvalue weighted by atomic mass is 35.5. The molecule has 0 aliphatic heterocycles. The van der Waals surface area contributed by atoms with Gasteiger partial charge >= 0.3 is 0 Å². The van der Waals surface area contributed by atoms with Gasteiger partial charge in [-0.05, 0) is 19.1 Å². The van der Waals surface area contributed by atoms with Crippen LogP contribution in [0.1, 0.15) is 24.5 Å². The third kappa shape index (κ3) is 2.59. The van der Waals surface area contributed by atoms with Gasteiger partial charge in [-0.3, -0.25) is 4.68 Å². The molecule has 0 amide bonds. The molecule has 0 fully saturated rings. The fraction of sp³-hybridized carbons (Fsp3) is 0.231. The van der Waals surface area contributed by atoms with E-state index in [1.807, 2.05) is 13.0 Å². The van der Waals surface area contributed by atoms with Crippen molar-refractivity contribution >= 4 is 11.6 Å². The van der Waals surface area contributed by atoms with Gasteiger partial charge in [-0.15, -0.1) is 0 Å². The summed E-state index contributed by atoms with van der Waals surface area (Å²) >= 11 is 5.91. The molecule has 0 N–H and O–H groups in total. The molecule has 0 aliphatic rings. The lowest BCUT2D eigenvalue weighted by atomic mass is 10.1. The van der Waals surface area contributed by atoms with E-state index >= 15 is 0 Å². The Morgan fingerprint density at radius 1 is 1.47 bits per heavy atom. The number of hydrogen-bond donors (Lipinski definition) is 0. The average Bonchev–Trinajstić information content (AvgIpc) is 2.83. The third-order valence-electron chi connectivity index (χ3n) is 2.71. The summed E-state index contributed by atoms with van der Waals surface area (Å²) in [5.41, 5.74) is 0.844. The highest BCUT2D eigenvalue weighted by Gasteiger charge is 2.19. The van der Waals surface area contributed by atoms with Crippen molar-refractivity contribution in [1.29, 1.82) is 5.26 Å². The minimum atomic E-state index is -2.61. The van der Waals surface area contributed by atoms with Crippen LogP contribution in [-0.4, -0.2) is 9.78 Å². The summed E-state index contributed by atoms with van der Waals surface area (Å²) in [6, 6.07) is 6.47. The number of hydrogen-bond acceptors (Lipinski definition) is 2. The first-order chi connectivity index (χ1) is 9.06. The second kappa shape index (κ2) is 5.37. The van der Waals surface area contributed by atoms with Gasteiger partial charge in [0, 0.05) is 18.3 Å². The summed E-state index contributed by atoms with van der Waals surface area (Å²) in [7, 11) is 0. The second-order valence-electron chi connectivity index (χ2n) is 3.90. The third-order valence-corrected chi connectivity index (χ3v) is 3.02. The van der Waals surface area contributed by atoms with Gasteiger partial charge in [0.1, 0.15) is 11.8 Å². The molecule has 0 spiro atoms. The predicted molar refractivity (Wildman–Crippen MR) is 68.0 cm³/mol. The predicted octanol–water partition coefficient (Wildman–Crippen LogP) is 4.03. The molecule has 0 atom stereocenters. The zero-order chi connectivity index (χ0) is 14.0. The van der Waals surface area contributed by atoms with E-state index in [2.05, 4.69) is 5.10 Å². The zero-order valence-corrected chi connectivity index (χ0v) is 10.8. The highest BCUT2D eigenvalue weighted by Crippen LogP contribution is 2.32. The maximum absolute atomic E-state index is 13.0. The summed E-state index contributed by atoms with van der Waals surface area (Å²) in [6.07, 6.45) is -1.28. The molecule has 1 aromatic carbocycles. The smallest absolute Gasteiger partial charge is 0.267 e. The molecule has 0 saturated carbocycles. The summed E-state index contributed by atoms with van der Waals surface area (Å²) in [6.45, 7) is 2.32. The maximum atomic E-state index is 13.0. The van der Waals surface area contributed by atoms with Crippen molar-refractivity contribution in [3.05, 3.63) is 40.5 Å². The molecule has 2 rings (SSSR count). The van der Waals surface area contributed by atoms with E-state index in [1.165, 1.54) is 23.0 Å². The van der Waals surface area contributed by atoms with Crippen molar-refractivity contribution in [3.8, 4) is 17.3 Å². The molecule has 2 aromatic rings. The lowest BCUT2D eigenvalue weighted by Crippen LogP contribution is -1.94. The number of aryl methyl sites for hydroxylation is 1. The van der Waals surface area contributed by atoms with Crippen molar-refractivity contribution in [3.63, 3.8) is 0 Å². The quantitative estimate of drug-likeness (QED) is 0.852.